The third-order valence-corrected chi connectivity index (χ3v) is 6.66. The minimum absolute atomic E-state index is 0.0151. The molecule has 0 radical (unpaired) electrons. The maximum atomic E-state index is 12.8. The first-order valence-corrected chi connectivity index (χ1v) is 11.6. The number of hydrogen-bond acceptors (Lipinski definition) is 6. The van der Waals surface area contributed by atoms with Crippen LogP contribution in [0, 0.1) is 25.2 Å². The lowest BCUT2D eigenvalue weighted by atomic mass is 10.1. The van der Waals surface area contributed by atoms with E-state index in [1.807, 2.05) is 43.8 Å². The van der Waals surface area contributed by atoms with Crippen LogP contribution in [-0.4, -0.2) is 50.0 Å². The summed E-state index contributed by atoms with van der Waals surface area (Å²) in [4.78, 5) is 19.7. The summed E-state index contributed by atoms with van der Waals surface area (Å²) in [6.45, 7) is 6.90. The first kappa shape index (κ1) is 21.3. The SMILES string of the molecule is Cc1nc2c(C#N)cnn2c(C)c1CCC(=O)Nc1ccccc1CN1CCSCC1. The van der Waals surface area contributed by atoms with Gasteiger partial charge in [-0.25, -0.2) is 9.50 Å². The fraction of sp³-hybridized carbons (Fsp3) is 0.391. The summed E-state index contributed by atoms with van der Waals surface area (Å²) < 4.78 is 1.69. The fourth-order valence-corrected chi connectivity index (χ4v) is 4.96. The lowest BCUT2D eigenvalue weighted by molar-refractivity contribution is -0.116. The van der Waals surface area contributed by atoms with Gasteiger partial charge in [0.2, 0.25) is 5.91 Å². The van der Waals surface area contributed by atoms with Gasteiger partial charge in [0.15, 0.2) is 5.65 Å². The zero-order chi connectivity index (χ0) is 21.8. The normalized spacial score (nSPS) is 14.5. The first-order chi connectivity index (χ1) is 15.1. The molecule has 31 heavy (non-hydrogen) atoms. The molecule has 7 nitrogen and oxygen atoms in total. The Bertz CT molecular complexity index is 1140. The minimum atomic E-state index is -0.0151. The molecule has 4 rings (SSSR count). The molecule has 8 heteroatoms. The molecule has 3 aromatic rings. The van der Waals surface area contributed by atoms with E-state index in [0.717, 1.165) is 59.3 Å². The predicted octanol–water partition coefficient (Wildman–Crippen LogP) is 3.34. The van der Waals surface area contributed by atoms with E-state index < -0.39 is 0 Å². The number of para-hydroxylation sites is 1. The Morgan fingerprint density at radius 2 is 2.03 bits per heavy atom. The van der Waals surface area contributed by atoms with Gasteiger partial charge < -0.3 is 5.32 Å². The first-order valence-electron chi connectivity index (χ1n) is 10.5. The number of benzene rings is 1. The molecule has 1 saturated heterocycles. The van der Waals surface area contributed by atoms with E-state index >= 15 is 0 Å². The Morgan fingerprint density at radius 3 is 2.81 bits per heavy atom. The number of nitrogens with zero attached hydrogens (tertiary/aromatic N) is 5. The highest BCUT2D eigenvalue weighted by atomic mass is 32.2. The van der Waals surface area contributed by atoms with Crippen molar-refractivity contribution < 1.29 is 4.79 Å². The van der Waals surface area contributed by atoms with E-state index in [0.29, 0.717) is 24.1 Å². The zero-order valence-electron chi connectivity index (χ0n) is 17.9. The molecule has 0 aliphatic carbocycles. The van der Waals surface area contributed by atoms with Crippen molar-refractivity contribution in [3.05, 3.63) is 58.5 Å². The molecule has 160 valence electrons. The Hall–Kier alpha value is -2.89. The van der Waals surface area contributed by atoms with Crippen molar-refractivity contribution >= 4 is 29.0 Å². The summed E-state index contributed by atoms with van der Waals surface area (Å²) in [7, 11) is 0. The van der Waals surface area contributed by atoms with Gasteiger partial charge in [-0.3, -0.25) is 9.69 Å². The number of aromatic nitrogens is 3. The van der Waals surface area contributed by atoms with Gasteiger partial charge in [-0.2, -0.15) is 22.1 Å². The lowest BCUT2D eigenvalue weighted by Crippen LogP contribution is -2.32. The summed E-state index contributed by atoms with van der Waals surface area (Å²) in [6, 6.07) is 10.2. The van der Waals surface area contributed by atoms with Crippen LogP contribution in [0.5, 0.6) is 0 Å². The van der Waals surface area contributed by atoms with Crippen LogP contribution in [0.3, 0.4) is 0 Å². The number of rotatable bonds is 6. The van der Waals surface area contributed by atoms with Crippen LogP contribution in [0.2, 0.25) is 0 Å². The van der Waals surface area contributed by atoms with E-state index in [1.165, 1.54) is 6.20 Å². The standard InChI is InChI=1S/C23H26N6OS/c1-16-20(17(2)29-23(26-16)19(13-24)14-25-29)7-8-22(30)27-21-6-4-3-5-18(21)15-28-9-11-31-12-10-28/h3-6,14H,7-12,15H2,1-2H3,(H,27,30). The Kier molecular flexibility index (Phi) is 6.54. The monoisotopic (exact) mass is 434 g/mol. The van der Waals surface area contributed by atoms with Gasteiger partial charge >= 0.3 is 0 Å². The fourth-order valence-electron chi connectivity index (χ4n) is 3.98. The van der Waals surface area contributed by atoms with Gasteiger partial charge in [0.25, 0.3) is 0 Å². The van der Waals surface area contributed by atoms with Gasteiger partial charge in [0.05, 0.1) is 6.20 Å². The molecule has 1 aromatic carbocycles. The smallest absolute Gasteiger partial charge is 0.224 e. The second-order valence-corrected chi connectivity index (χ2v) is 8.99. The highest BCUT2D eigenvalue weighted by Crippen LogP contribution is 2.21. The van der Waals surface area contributed by atoms with Gasteiger partial charge in [-0.1, -0.05) is 18.2 Å². The molecule has 2 aromatic heterocycles. The lowest BCUT2D eigenvalue weighted by Gasteiger charge is -2.27. The zero-order valence-corrected chi connectivity index (χ0v) is 18.7. The van der Waals surface area contributed by atoms with E-state index in [9.17, 15) is 10.1 Å². The van der Waals surface area contributed by atoms with Crippen molar-refractivity contribution in [1.29, 1.82) is 5.26 Å². The van der Waals surface area contributed by atoms with Crippen LogP contribution < -0.4 is 5.32 Å². The molecule has 0 saturated carbocycles. The van der Waals surface area contributed by atoms with Crippen molar-refractivity contribution in [2.75, 3.05) is 29.9 Å². The third-order valence-electron chi connectivity index (χ3n) is 5.72. The van der Waals surface area contributed by atoms with Gasteiger partial charge in [-0.15, -0.1) is 0 Å². The average molecular weight is 435 g/mol. The molecule has 0 bridgehead atoms. The number of carbonyl (C=O) groups is 1. The number of aryl methyl sites for hydroxylation is 2. The maximum absolute atomic E-state index is 12.8. The van der Waals surface area contributed by atoms with Crippen molar-refractivity contribution in [2.24, 2.45) is 0 Å². The molecule has 1 aliphatic heterocycles. The number of hydrogen-bond donors (Lipinski definition) is 1. The Morgan fingerprint density at radius 1 is 1.26 bits per heavy atom. The summed E-state index contributed by atoms with van der Waals surface area (Å²) >= 11 is 2.00. The van der Waals surface area contributed by atoms with Crippen molar-refractivity contribution in [3.8, 4) is 6.07 Å². The molecule has 1 N–H and O–H groups in total. The largest absolute Gasteiger partial charge is 0.326 e. The van der Waals surface area contributed by atoms with E-state index in [-0.39, 0.29) is 5.91 Å². The number of amides is 1. The number of carbonyl (C=O) groups excluding carboxylic acids is 1. The molecule has 0 atom stereocenters. The summed E-state index contributed by atoms with van der Waals surface area (Å²) in [5, 5.41) is 16.6. The molecule has 1 amide bonds. The van der Waals surface area contributed by atoms with Crippen LogP contribution in [0.4, 0.5) is 5.69 Å². The van der Waals surface area contributed by atoms with Crippen molar-refractivity contribution in [1.82, 2.24) is 19.5 Å². The van der Waals surface area contributed by atoms with Crippen molar-refractivity contribution in [2.45, 2.75) is 33.2 Å². The second kappa shape index (κ2) is 9.50. The van der Waals surface area contributed by atoms with Crippen LogP contribution in [0.15, 0.2) is 30.5 Å². The maximum Gasteiger partial charge on any atom is 0.224 e. The summed E-state index contributed by atoms with van der Waals surface area (Å²) in [5.41, 5.74) is 5.81. The quantitative estimate of drug-likeness (QED) is 0.640. The summed E-state index contributed by atoms with van der Waals surface area (Å²) in [6.07, 6.45) is 2.46. The Balaban J connectivity index is 1.44. The van der Waals surface area contributed by atoms with Gasteiger partial charge in [0.1, 0.15) is 11.6 Å². The van der Waals surface area contributed by atoms with Gasteiger partial charge in [0, 0.05) is 54.6 Å². The highest BCUT2D eigenvalue weighted by molar-refractivity contribution is 7.99. The summed E-state index contributed by atoms with van der Waals surface area (Å²) in [5.74, 6) is 2.31. The van der Waals surface area contributed by atoms with E-state index in [2.05, 4.69) is 32.4 Å². The van der Waals surface area contributed by atoms with Crippen LogP contribution in [-0.2, 0) is 17.8 Å². The molecular formula is C23H26N6OS. The third kappa shape index (κ3) is 4.73. The minimum Gasteiger partial charge on any atom is -0.326 e. The molecule has 0 unspecified atom stereocenters. The molecule has 3 heterocycles. The van der Waals surface area contributed by atoms with Crippen LogP contribution in [0.25, 0.3) is 5.65 Å². The van der Waals surface area contributed by atoms with Crippen molar-refractivity contribution in [3.63, 3.8) is 0 Å². The number of nitrogens with one attached hydrogen (secondary N) is 1. The Labute approximate surface area is 186 Å². The average Bonchev–Trinajstić information content (AvgIpc) is 3.18. The number of nitriles is 1. The topological polar surface area (TPSA) is 86.3 Å². The van der Waals surface area contributed by atoms with E-state index in [1.54, 1.807) is 4.52 Å². The highest BCUT2D eigenvalue weighted by Gasteiger charge is 2.16. The predicted molar refractivity (Wildman–Crippen MR) is 123 cm³/mol. The van der Waals surface area contributed by atoms with E-state index in [4.69, 9.17) is 0 Å². The molecule has 1 fully saturated rings. The molecular weight excluding hydrogens is 408 g/mol. The van der Waals surface area contributed by atoms with Crippen LogP contribution in [0.1, 0.15) is 34.5 Å². The van der Waals surface area contributed by atoms with Gasteiger partial charge in [-0.05, 0) is 37.5 Å². The second-order valence-electron chi connectivity index (χ2n) is 7.76. The number of anilines is 1. The molecule has 1 aliphatic rings. The molecule has 0 spiro atoms. The number of thioether (sulfide) groups is 1. The van der Waals surface area contributed by atoms with Crippen LogP contribution >= 0.6 is 11.8 Å². The number of fused-ring (bicyclic) bond motifs is 1.